The molecule has 0 unspecified atom stereocenters. The smallest absolute Gasteiger partial charge is 0.353 e. The number of nitrogens with zero attached hydrogens (tertiary/aromatic N) is 6. The Morgan fingerprint density at radius 2 is 1.69 bits per heavy atom. The molecule has 0 bridgehead atoms. The fraction of sp³-hybridized carbons (Fsp3) is 0.545. The van der Waals surface area contributed by atoms with Crippen LogP contribution in [0.5, 0.6) is 5.75 Å². The van der Waals surface area contributed by atoms with Crippen LogP contribution < -0.4 is 19.9 Å². The molecule has 2 aliphatic heterocycles. The summed E-state index contributed by atoms with van der Waals surface area (Å²) in [5, 5.41) is 15.1. The van der Waals surface area contributed by atoms with Crippen LogP contribution in [0.4, 0.5) is 23.0 Å². The Hall–Kier alpha value is -3.14. The lowest BCUT2D eigenvalue weighted by Crippen LogP contribution is -2.47. The van der Waals surface area contributed by atoms with E-state index in [1.54, 1.807) is 7.11 Å². The van der Waals surface area contributed by atoms with Gasteiger partial charge in [0.05, 0.1) is 12.0 Å². The van der Waals surface area contributed by atoms with Crippen LogP contribution in [-0.4, -0.2) is 79.3 Å². The minimum Gasteiger partial charge on any atom is -0.497 e. The number of aromatic nitrogens is 2. The molecule has 2 fully saturated rings. The van der Waals surface area contributed by atoms with Gasteiger partial charge in [-0.1, -0.05) is 6.42 Å². The molecule has 2 saturated heterocycles. The zero-order valence-corrected chi connectivity index (χ0v) is 18.6. The summed E-state index contributed by atoms with van der Waals surface area (Å²) in [7, 11) is 1.65. The van der Waals surface area contributed by atoms with Crippen LogP contribution in [0.2, 0.25) is 0 Å². The second-order valence-electron chi connectivity index (χ2n) is 8.15. The molecule has 10 nitrogen and oxygen atoms in total. The summed E-state index contributed by atoms with van der Waals surface area (Å²) in [4.78, 5) is 26.7. The highest BCUT2D eigenvalue weighted by Crippen LogP contribution is 2.32. The lowest BCUT2D eigenvalue weighted by atomic mass is 10.1. The zero-order chi connectivity index (χ0) is 22.3. The van der Waals surface area contributed by atoms with Crippen LogP contribution in [-0.2, 0) is 0 Å². The Morgan fingerprint density at radius 3 is 2.34 bits per heavy atom. The first-order chi connectivity index (χ1) is 15.7. The molecule has 0 spiro atoms. The number of nitrogens with one attached hydrogen (secondary N) is 1. The number of methoxy groups -OCH3 is 1. The van der Waals surface area contributed by atoms with E-state index in [1.807, 2.05) is 29.2 Å². The van der Waals surface area contributed by atoms with Gasteiger partial charge in [-0.15, -0.1) is 0 Å². The Balaban J connectivity index is 1.40. The average molecular weight is 442 g/mol. The molecule has 3 heterocycles. The molecule has 2 aromatic rings. The Morgan fingerprint density at radius 1 is 1.00 bits per heavy atom. The maximum Gasteiger partial charge on any atom is 0.353 e. The monoisotopic (exact) mass is 441 g/mol. The predicted molar refractivity (Wildman–Crippen MR) is 125 cm³/mol. The molecule has 0 radical (unpaired) electrons. The Bertz CT molecular complexity index is 895. The van der Waals surface area contributed by atoms with Gasteiger partial charge < -0.3 is 24.8 Å². The molecule has 1 aromatic carbocycles. The average Bonchev–Trinajstić information content (AvgIpc) is 2.84. The van der Waals surface area contributed by atoms with Crippen LogP contribution in [0.1, 0.15) is 19.3 Å². The van der Waals surface area contributed by atoms with Crippen LogP contribution >= 0.6 is 0 Å². The minimum atomic E-state index is -0.367. The minimum absolute atomic E-state index is 0.0379. The molecule has 0 atom stereocenters. The SMILES string of the molecule is COc1ccc(N2CCN(c3ncnc(NCCN4CCCCC4)c3[N+](=O)[O-])CC2)cc1. The number of ether oxygens (including phenoxy) is 1. The van der Waals surface area contributed by atoms with E-state index in [0.717, 1.165) is 44.2 Å². The van der Waals surface area contributed by atoms with Crippen LogP contribution in [0.3, 0.4) is 0 Å². The van der Waals surface area contributed by atoms with Gasteiger partial charge in [-0.3, -0.25) is 10.1 Å². The van der Waals surface area contributed by atoms with E-state index in [9.17, 15) is 10.1 Å². The number of rotatable bonds is 8. The van der Waals surface area contributed by atoms with Crippen molar-refractivity contribution in [1.29, 1.82) is 0 Å². The summed E-state index contributed by atoms with van der Waals surface area (Å²) in [6.07, 6.45) is 5.15. The highest BCUT2D eigenvalue weighted by Gasteiger charge is 2.29. The number of anilines is 3. The molecule has 0 amide bonds. The fourth-order valence-corrected chi connectivity index (χ4v) is 4.38. The summed E-state index contributed by atoms with van der Waals surface area (Å²) in [5.74, 6) is 1.51. The van der Waals surface area contributed by atoms with E-state index in [4.69, 9.17) is 4.74 Å². The summed E-state index contributed by atoms with van der Waals surface area (Å²) >= 11 is 0. The highest BCUT2D eigenvalue weighted by atomic mass is 16.6. The van der Waals surface area contributed by atoms with Gasteiger partial charge in [0.25, 0.3) is 0 Å². The molecule has 0 aliphatic carbocycles. The lowest BCUT2D eigenvalue weighted by molar-refractivity contribution is -0.383. The lowest BCUT2D eigenvalue weighted by Gasteiger charge is -2.36. The number of likely N-dealkylation sites (tertiary alicyclic amines) is 1. The van der Waals surface area contributed by atoms with Crippen molar-refractivity contribution in [1.82, 2.24) is 14.9 Å². The highest BCUT2D eigenvalue weighted by molar-refractivity contribution is 5.70. The summed E-state index contributed by atoms with van der Waals surface area (Å²) < 4.78 is 5.23. The van der Waals surface area contributed by atoms with Crippen molar-refractivity contribution in [2.75, 3.05) is 74.6 Å². The molecule has 172 valence electrons. The Kier molecular flexibility index (Phi) is 7.21. The van der Waals surface area contributed by atoms with Gasteiger partial charge in [-0.2, -0.15) is 0 Å². The molecule has 0 saturated carbocycles. The number of piperidine rings is 1. The first-order valence-electron chi connectivity index (χ1n) is 11.3. The van der Waals surface area contributed by atoms with E-state index in [0.29, 0.717) is 31.3 Å². The molecular weight excluding hydrogens is 410 g/mol. The first-order valence-corrected chi connectivity index (χ1v) is 11.3. The predicted octanol–water partition coefficient (Wildman–Crippen LogP) is 2.62. The van der Waals surface area contributed by atoms with Gasteiger partial charge in [0, 0.05) is 45.0 Å². The van der Waals surface area contributed by atoms with E-state index < -0.39 is 0 Å². The van der Waals surface area contributed by atoms with E-state index in [1.165, 1.54) is 25.6 Å². The van der Waals surface area contributed by atoms with Crippen molar-refractivity contribution in [3.8, 4) is 5.75 Å². The van der Waals surface area contributed by atoms with Crippen molar-refractivity contribution < 1.29 is 9.66 Å². The second kappa shape index (κ2) is 10.4. The van der Waals surface area contributed by atoms with Gasteiger partial charge in [-0.25, -0.2) is 9.97 Å². The molecule has 1 aromatic heterocycles. The summed E-state index contributed by atoms with van der Waals surface area (Å²) in [6.45, 7) is 6.48. The number of benzene rings is 1. The third kappa shape index (κ3) is 5.18. The van der Waals surface area contributed by atoms with Crippen molar-refractivity contribution >= 4 is 23.0 Å². The molecule has 10 heteroatoms. The zero-order valence-electron chi connectivity index (χ0n) is 18.6. The van der Waals surface area contributed by atoms with Crippen molar-refractivity contribution in [3.05, 3.63) is 40.7 Å². The van der Waals surface area contributed by atoms with E-state index in [-0.39, 0.29) is 10.6 Å². The first kappa shape index (κ1) is 22.1. The van der Waals surface area contributed by atoms with Gasteiger partial charge >= 0.3 is 5.69 Å². The largest absolute Gasteiger partial charge is 0.497 e. The van der Waals surface area contributed by atoms with Crippen molar-refractivity contribution in [2.45, 2.75) is 19.3 Å². The second-order valence-corrected chi connectivity index (χ2v) is 8.15. The molecule has 32 heavy (non-hydrogen) atoms. The third-order valence-electron chi connectivity index (χ3n) is 6.17. The third-order valence-corrected chi connectivity index (χ3v) is 6.17. The number of hydrogen-bond donors (Lipinski definition) is 1. The van der Waals surface area contributed by atoms with E-state index >= 15 is 0 Å². The fourth-order valence-electron chi connectivity index (χ4n) is 4.38. The van der Waals surface area contributed by atoms with Gasteiger partial charge in [0.15, 0.2) is 0 Å². The Labute approximate surface area is 188 Å². The van der Waals surface area contributed by atoms with Crippen molar-refractivity contribution in [2.24, 2.45) is 0 Å². The van der Waals surface area contributed by atoms with Crippen LogP contribution in [0.25, 0.3) is 0 Å². The summed E-state index contributed by atoms with van der Waals surface area (Å²) in [5.41, 5.74) is 1.08. The maximum absolute atomic E-state index is 11.9. The number of piperazine rings is 1. The van der Waals surface area contributed by atoms with Crippen LogP contribution in [0, 0.1) is 10.1 Å². The van der Waals surface area contributed by atoms with Gasteiger partial charge in [0.2, 0.25) is 11.6 Å². The molecular formula is C22H31N7O3. The quantitative estimate of drug-likeness (QED) is 0.489. The molecule has 4 rings (SSSR count). The summed E-state index contributed by atoms with van der Waals surface area (Å²) in [6, 6.07) is 7.95. The maximum atomic E-state index is 11.9. The normalized spacial score (nSPS) is 17.3. The number of hydrogen-bond acceptors (Lipinski definition) is 9. The van der Waals surface area contributed by atoms with Crippen LogP contribution in [0.15, 0.2) is 30.6 Å². The van der Waals surface area contributed by atoms with Gasteiger partial charge in [-0.05, 0) is 50.2 Å². The van der Waals surface area contributed by atoms with E-state index in [2.05, 4.69) is 25.1 Å². The number of nitro groups is 1. The molecule has 1 N–H and O–H groups in total. The topological polar surface area (TPSA) is 99.9 Å². The standard InChI is InChI=1S/C22H31N7O3/c1-32-19-7-5-18(6-8-19)27-13-15-28(16-14-27)22-20(29(30)31)21(24-17-25-22)23-9-12-26-10-3-2-4-11-26/h5-8,17H,2-4,9-16H2,1H3,(H,23,24,25). The molecule has 2 aliphatic rings. The van der Waals surface area contributed by atoms with Crippen molar-refractivity contribution in [3.63, 3.8) is 0 Å². The van der Waals surface area contributed by atoms with Gasteiger partial charge in [0.1, 0.15) is 12.1 Å².